The number of nitrogens with two attached hydrogens (primary N) is 1. The van der Waals surface area contributed by atoms with Crippen molar-refractivity contribution in [3.8, 4) is 28.3 Å². The highest BCUT2D eigenvalue weighted by atomic mass is 16.2. The van der Waals surface area contributed by atoms with Crippen LogP contribution in [0.2, 0.25) is 0 Å². The van der Waals surface area contributed by atoms with Gasteiger partial charge in [0, 0.05) is 37.1 Å². The molecule has 8 nitrogen and oxygen atoms in total. The zero-order chi connectivity index (χ0) is 28.1. The molecule has 1 aliphatic heterocycles. The number of nitrogens with zero attached hydrogens (tertiary/aromatic N) is 6. The predicted molar refractivity (Wildman–Crippen MR) is 160 cm³/mol. The molecular weight excluding hydrogens is 498 g/mol. The first-order valence-electron chi connectivity index (χ1n) is 13.5. The van der Waals surface area contributed by atoms with Crippen LogP contribution in [0.15, 0.2) is 97.7 Å². The number of anilines is 1. The molecule has 1 aliphatic rings. The smallest absolute Gasteiger partial charge is 0.247 e. The van der Waals surface area contributed by atoms with E-state index in [1.807, 2.05) is 73.0 Å². The number of pyridine rings is 2. The van der Waals surface area contributed by atoms with Gasteiger partial charge < -0.3 is 10.6 Å². The van der Waals surface area contributed by atoms with Gasteiger partial charge in [-0.05, 0) is 48.0 Å². The van der Waals surface area contributed by atoms with Gasteiger partial charge in [0.1, 0.15) is 11.3 Å². The topological polar surface area (TPSA) is 93.2 Å². The number of hydrogen-bond acceptors (Lipinski definition) is 6. The average molecular weight is 532 g/mol. The highest BCUT2D eigenvalue weighted by Crippen LogP contribution is 2.31. The van der Waals surface area contributed by atoms with E-state index in [-0.39, 0.29) is 5.91 Å². The van der Waals surface area contributed by atoms with Crippen LogP contribution in [0.4, 0.5) is 5.82 Å². The fourth-order valence-corrected chi connectivity index (χ4v) is 4.85. The molecule has 1 fully saturated rings. The molecule has 1 amide bonds. The van der Waals surface area contributed by atoms with Crippen molar-refractivity contribution >= 4 is 22.9 Å². The Hall–Kier alpha value is -4.82. The van der Waals surface area contributed by atoms with Gasteiger partial charge >= 0.3 is 0 Å². The molecule has 0 atom stereocenters. The summed E-state index contributed by atoms with van der Waals surface area (Å²) in [6.07, 6.45) is 3.05. The molecule has 3 aromatic heterocycles. The molecule has 4 heterocycles. The van der Waals surface area contributed by atoms with Crippen LogP contribution in [0.5, 0.6) is 0 Å². The fraction of sp³-hybridized carbons (Fsp3) is 0.188. The van der Waals surface area contributed by atoms with Crippen molar-refractivity contribution in [2.45, 2.75) is 20.4 Å². The van der Waals surface area contributed by atoms with E-state index in [2.05, 4.69) is 40.7 Å². The quantitative estimate of drug-likeness (QED) is 0.289. The number of carbonyl (C=O) groups is 1. The molecule has 0 radical (unpaired) electrons. The Balaban J connectivity index is 0.00000158. The second-order valence-electron chi connectivity index (χ2n) is 9.28. The molecule has 6 rings (SSSR count). The van der Waals surface area contributed by atoms with E-state index < -0.39 is 0 Å². The zero-order valence-corrected chi connectivity index (χ0v) is 22.9. The Morgan fingerprint density at radius 3 is 2.45 bits per heavy atom. The third-order valence-electron chi connectivity index (χ3n) is 6.80. The summed E-state index contributed by atoms with van der Waals surface area (Å²) in [7, 11) is 0. The molecule has 40 heavy (non-hydrogen) atoms. The number of nitrogen functional groups attached to an aromatic ring is 1. The number of amides is 1. The lowest BCUT2D eigenvalue weighted by molar-refractivity contribution is -0.125. The van der Waals surface area contributed by atoms with Crippen molar-refractivity contribution in [3.05, 3.63) is 103 Å². The molecule has 0 spiro atoms. The monoisotopic (exact) mass is 531 g/mol. The van der Waals surface area contributed by atoms with E-state index in [4.69, 9.17) is 15.7 Å². The molecular formula is C32H33N7O. The highest BCUT2D eigenvalue weighted by Gasteiger charge is 2.23. The van der Waals surface area contributed by atoms with Crippen molar-refractivity contribution in [1.29, 1.82) is 0 Å². The molecule has 2 N–H and O–H groups in total. The number of fused-ring (bicyclic) bond motifs is 1. The fourth-order valence-electron chi connectivity index (χ4n) is 4.85. The summed E-state index contributed by atoms with van der Waals surface area (Å²) in [4.78, 5) is 30.2. The molecule has 8 heteroatoms. The van der Waals surface area contributed by atoms with Gasteiger partial charge in [0.15, 0.2) is 11.5 Å². The van der Waals surface area contributed by atoms with Gasteiger partial charge in [0.2, 0.25) is 5.91 Å². The van der Waals surface area contributed by atoms with Crippen LogP contribution in [0.1, 0.15) is 19.4 Å². The van der Waals surface area contributed by atoms with E-state index in [9.17, 15) is 4.79 Å². The summed E-state index contributed by atoms with van der Waals surface area (Å²) in [5, 5.41) is 0. The first-order valence-corrected chi connectivity index (χ1v) is 13.5. The Kier molecular flexibility index (Phi) is 7.98. The molecule has 5 aromatic rings. The van der Waals surface area contributed by atoms with Gasteiger partial charge in [0.05, 0.1) is 17.9 Å². The SMILES string of the molecule is C=CC(=O)N1CCN(Cc2ccc(-n3c(-c4cccnc4N)nc4ccc(-c5ccccc5)nc43)cc2)C1.CC. The first kappa shape index (κ1) is 26.8. The minimum absolute atomic E-state index is 0.0283. The maximum Gasteiger partial charge on any atom is 0.247 e. The van der Waals surface area contributed by atoms with Gasteiger partial charge in [0.25, 0.3) is 0 Å². The number of hydrogen-bond donors (Lipinski definition) is 1. The van der Waals surface area contributed by atoms with Gasteiger partial charge in [-0.3, -0.25) is 14.3 Å². The highest BCUT2D eigenvalue weighted by molar-refractivity contribution is 5.87. The third kappa shape index (κ3) is 5.34. The summed E-state index contributed by atoms with van der Waals surface area (Å²) in [6.45, 7) is 10.5. The van der Waals surface area contributed by atoms with E-state index in [1.165, 1.54) is 6.08 Å². The van der Waals surface area contributed by atoms with Crippen LogP contribution in [0, 0.1) is 0 Å². The number of aromatic nitrogens is 4. The summed E-state index contributed by atoms with van der Waals surface area (Å²) >= 11 is 0. The van der Waals surface area contributed by atoms with Crippen LogP contribution in [-0.2, 0) is 11.3 Å². The summed E-state index contributed by atoms with van der Waals surface area (Å²) in [5.41, 5.74) is 12.5. The van der Waals surface area contributed by atoms with Crippen molar-refractivity contribution in [2.24, 2.45) is 0 Å². The van der Waals surface area contributed by atoms with Gasteiger partial charge in [-0.2, -0.15) is 0 Å². The number of carbonyl (C=O) groups excluding carboxylic acids is 1. The standard InChI is InChI=1S/C30H27N7O.C2H6/c1-2-27(38)36-18-17-35(20-36)19-21-10-12-23(13-11-21)37-29(24-9-6-16-32-28(24)31)34-26-15-14-25(33-30(26)37)22-7-4-3-5-8-22;1-2/h2-16H,1,17-20H2,(H2,31,32);1-2H3. The zero-order valence-electron chi connectivity index (χ0n) is 22.9. The minimum Gasteiger partial charge on any atom is -0.383 e. The largest absolute Gasteiger partial charge is 0.383 e. The Morgan fingerprint density at radius 1 is 0.950 bits per heavy atom. The maximum atomic E-state index is 11.9. The molecule has 1 saturated heterocycles. The van der Waals surface area contributed by atoms with Crippen molar-refractivity contribution in [1.82, 2.24) is 29.3 Å². The lowest BCUT2D eigenvalue weighted by Crippen LogP contribution is -2.29. The number of imidazole rings is 1. The van der Waals surface area contributed by atoms with Gasteiger partial charge in [-0.1, -0.05) is 62.9 Å². The second-order valence-corrected chi connectivity index (χ2v) is 9.28. The lowest BCUT2D eigenvalue weighted by atomic mass is 10.1. The summed E-state index contributed by atoms with van der Waals surface area (Å²) < 4.78 is 2.04. The molecule has 0 bridgehead atoms. The molecule has 0 aliphatic carbocycles. The van der Waals surface area contributed by atoms with Crippen LogP contribution < -0.4 is 5.73 Å². The summed E-state index contributed by atoms with van der Waals surface area (Å²) in [6, 6.07) is 26.2. The minimum atomic E-state index is -0.0283. The maximum absolute atomic E-state index is 11.9. The second kappa shape index (κ2) is 11.9. The van der Waals surface area contributed by atoms with Crippen LogP contribution in [-0.4, -0.2) is 55.0 Å². The van der Waals surface area contributed by atoms with E-state index in [0.29, 0.717) is 18.3 Å². The van der Waals surface area contributed by atoms with Crippen LogP contribution in [0.25, 0.3) is 39.5 Å². The number of rotatable bonds is 6. The lowest BCUT2D eigenvalue weighted by Gasteiger charge is -2.17. The summed E-state index contributed by atoms with van der Waals surface area (Å²) in [5.74, 6) is 1.07. The normalized spacial score (nSPS) is 13.2. The van der Waals surface area contributed by atoms with Crippen molar-refractivity contribution < 1.29 is 4.79 Å². The van der Waals surface area contributed by atoms with Crippen molar-refractivity contribution in [3.63, 3.8) is 0 Å². The Labute approximate surface area is 234 Å². The van der Waals surface area contributed by atoms with Crippen LogP contribution >= 0.6 is 0 Å². The van der Waals surface area contributed by atoms with Gasteiger partial charge in [-0.15, -0.1) is 0 Å². The van der Waals surface area contributed by atoms with E-state index in [0.717, 1.165) is 58.9 Å². The van der Waals surface area contributed by atoms with Gasteiger partial charge in [-0.25, -0.2) is 15.0 Å². The molecule has 2 aromatic carbocycles. The van der Waals surface area contributed by atoms with E-state index in [1.54, 1.807) is 11.1 Å². The Bertz CT molecular complexity index is 1630. The Morgan fingerprint density at radius 2 is 1.73 bits per heavy atom. The van der Waals surface area contributed by atoms with Crippen molar-refractivity contribution in [2.75, 3.05) is 25.5 Å². The molecule has 0 unspecified atom stereocenters. The number of benzene rings is 2. The molecule has 202 valence electrons. The van der Waals surface area contributed by atoms with E-state index >= 15 is 0 Å². The predicted octanol–water partition coefficient (Wildman–Crippen LogP) is 5.55. The average Bonchev–Trinajstić information content (AvgIpc) is 3.63. The van der Waals surface area contributed by atoms with Crippen LogP contribution in [0.3, 0.4) is 0 Å². The molecule has 0 saturated carbocycles. The third-order valence-corrected chi connectivity index (χ3v) is 6.80. The first-order chi connectivity index (χ1) is 19.6.